The predicted molar refractivity (Wildman–Crippen MR) is 145 cm³/mol. The standard InChI is InChI=1S/C28H35F2N7O3/c29-25(30)26-33-20-6-1-2-7-21(20)37(26)22-16-23(35-28(34-22)36-12-14-39-15-13-36)40-19-10-8-18(9-11-19)32-27(38)24(31)17-4-3-5-17/h1-2,6-7,16-19,24-25H,3-5,8-15,31H2,(H,32,38). The molecule has 2 saturated carbocycles. The molecule has 1 aromatic carbocycles. The van der Waals surface area contributed by atoms with E-state index < -0.39 is 12.5 Å². The van der Waals surface area contributed by atoms with Crippen LogP contribution in [0.15, 0.2) is 30.3 Å². The number of alkyl halides is 2. The van der Waals surface area contributed by atoms with Crippen LogP contribution in [0.1, 0.15) is 57.2 Å². The predicted octanol–water partition coefficient (Wildman–Crippen LogP) is 3.52. The summed E-state index contributed by atoms with van der Waals surface area (Å²) in [6, 6.07) is 8.24. The van der Waals surface area contributed by atoms with Crippen molar-refractivity contribution in [1.82, 2.24) is 24.8 Å². The van der Waals surface area contributed by atoms with E-state index >= 15 is 0 Å². The van der Waals surface area contributed by atoms with E-state index in [-0.39, 0.29) is 29.7 Å². The Balaban J connectivity index is 1.22. The van der Waals surface area contributed by atoms with Crippen molar-refractivity contribution < 1.29 is 23.0 Å². The molecule has 0 spiro atoms. The maximum absolute atomic E-state index is 14.1. The molecule has 0 bridgehead atoms. The molecule has 1 saturated heterocycles. The van der Waals surface area contributed by atoms with E-state index in [0.717, 1.165) is 44.9 Å². The molecule has 2 aliphatic carbocycles. The van der Waals surface area contributed by atoms with Crippen LogP contribution in [-0.4, -0.2) is 69.9 Å². The molecule has 3 aromatic rings. The molecule has 0 radical (unpaired) electrons. The number of nitrogens with one attached hydrogen (secondary N) is 1. The van der Waals surface area contributed by atoms with E-state index in [1.165, 1.54) is 4.57 Å². The van der Waals surface area contributed by atoms with Gasteiger partial charge in [0.1, 0.15) is 11.9 Å². The van der Waals surface area contributed by atoms with Gasteiger partial charge in [-0.25, -0.2) is 13.8 Å². The molecule has 1 unspecified atom stereocenters. The molecule has 1 aliphatic heterocycles. The zero-order valence-electron chi connectivity index (χ0n) is 22.3. The van der Waals surface area contributed by atoms with Crippen molar-refractivity contribution in [1.29, 1.82) is 0 Å². The second-order valence-electron chi connectivity index (χ2n) is 10.9. The Bertz CT molecular complexity index is 1330. The van der Waals surface area contributed by atoms with Crippen LogP contribution < -0.4 is 20.7 Å². The van der Waals surface area contributed by atoms with Gasteiger partial charge in [0, 0.05) is 25.2 Å². The summed E-state index contributed by atoms with van der Waals surface area (Å²) in [7, 11) is 0. The smallest absolute Gasteiger partial charge is 0.296 e. The van der Waals surface area contributed by atoms with Gasteiger partial charge in [0.25, 0.3) is 6.43 Å². The number of nitrogens with zero attached hydrogens (tertiary/aromatic N) is 5. The minimum absolute atomic E-state index is 0.0629. The lowest BCUT2D eigenvalue weighted by atomic mass is 9.79. The maximum Gasteiger partial charge on any atom is 0.296 e. The number of para-hydroxylation sites is 2. The number of benzene rings is 1. The SMILES string of the molecule is NC(C(=O)NC1CCC(Oc2cc(-n3c(C(F)F)nc4ccccc43)nc(N3CCOCC3)n2)CC1)C1CCC1. The number of morpholine rings is 1. The van der Waals surface area contributed by atoms with Crippen LogP contribution in [0.5, 0.6) is 5.88 Å². The topological polar surface area (TPSA) is 120 Å². The molecular formula is C28H35F2N7O3. The van der Waals surface area contributed by atoms with Crippen LogP contribution in [0.4, 0.5) is 14.7 Å². The third-order valence-electron chi connectivity index (χ3n) is 8.25. The maximum atomic E-state index is 14.1. The van der Waals surface area contributed by atoms with Gasteiger partial charge >= 0.3 is 0 Å². The Kier molecular flexibility index (Phi) is 7.79. The fraction of sp³-hybridized carbons (Fsp3) is 0.571. The number of hydrogen-bond donors (Lipinski definition) is 2. The first kappa shape index (κ1) is 26.8. The molecule has 3 heterocycles. The fourth-order valence-corrected chi connectivity index (χ4v) is 5.72. The molecule has 40 heavy (non-hydrogen) atoms. The Hall–Kier alpha value is -3.38. The number of aromatic nitrogens is 4. The minimum atomic E-state index is -2.79. The number of ether oxygens (including phenoxy) is 2. The van der Waals surface area contributed by atoms with Crippen molar-refractivity contribution in [3.63, 3.8) is 0 Å². The summed E-state index contributed by atoms with van der Waals surface area (Å²) in [6.07, 6.45) is 3.27. The lowest BCUT2D eigenvalue weighted by Gasteiger charge is -2.33. The number of amides is 1. The van der Waals surface area contributed by atoms with Gasteiger partial charge in [-0.05, 0) is 56.6 Å². The monoisotopic (exact) mass is 555 g/mol. The van der Waals surface area contributed by atoms with Crippen molar-refractivity contribution in [3.05, 3.63) is 36.2 Å². The van der Waals surface area contributed by atoms with Crippen molar-refractivity contribution in [3.8, 4) is 11.7 Å². The van der Waals surface area contributed by atoms with Crippen LogP contribution in [0.2, 0.25) is 0 Å². The fourth-order valence-electron chi connectivity index (χ4n) is 5.72. The van der Waals surface area contributed by atoms with E-state index in [1.807, 2.05) is 4.90 Å². The summed E-state index contributed by atoms with van der Waals surface area (Å²) in [5.41, 5.74) is 7.14. The Morgan fingerprint density at radius 2 is 1.80 bits per heavy atom. The zero-order valence-corrected chi connectivity index (χ0v) is 22.3. The quantitative estimate of drug-likeness (QED) is 0.433. The molecule has 2 aromatic heterocycles. The Morgan fingerprint density at radius 3 is 2.50 bits per heavy atom. The molecule has 1 atom stereocenters. The van der Waals surface area contributed by atoms with Gasteiger partial charge in [-0.15, -0.1) is 0 Å². The van der Waals surface area contributed by atoms with Crippen molar-refractivity contribution in [2.75, 3.05) is 31.2 Å². The highest BCUT2D eigenvalue weighted by Crippen LogP contribution is 2.32. The van der Waals surface area contributed by atoms with Gasteiger partial charge in [-0.1, -0.05) is 18.6 Å². The zero-order chi connectivity index (χ0) is 27.6. The second-order valence-corrected chi connectivity index (χ2v) is 10.9. The highest BCUT2D eigenvalue weighted by atomic mass is 19.3. The van der Waals surface area contributed by atoms with Crippen molar-refractivity contribution in [2.45, 2.75) is 69.6 Å². The van der Waals surface area contributed by atoms with Crippen LogP contribution in [-0.2, 0) is 9.53 Å². The number of hydrogen-bond acceptors (Lipinski definition) is 8. The second kappa shape index (κ2) is 11.6. The summed E-state index contributed by atoms with van der Waals surface area (Å²) in [5.74, 6) is 0.859. The molecular weight excluding hydrogens is 520 g/mol. The first-order valence-corrected chi connectivity index (χ1v) is 14.2. The lowest BCUT2D eigenvalue weighted by Crippen LogP contribution is -2.51. The number of anilines is 1. The van der Waals surface area contributed by atoms with Crippen molar-refractivity contribution in [2.24, 2.45) is 11.7 Å². The van der Waals surface area contributed by atoms with Gasteiger partial charge in [0.2, 0.25) is 17.7 Å². The van der Waals surface area contributed by atoms with E-state index in [2.05, 4.69) is 20.3 Å². The van der Waals surface area contributed by atoms with E-state index in [9.17, 15) is 13.6 Å². The number of fused-ring (bicyclic) bond motifs is 1. The molecule has 1 amide bonds. The number of imidazole rings is 1. The number of carbonyl (C=O) groups excluding carboxylic acids is 1. The van der Waals surface area contributed by atoms with Crippen LogP contribution in [0, 0.1) is 5.92 Å². The van der Waals surface area contributed by atoms with Crippen molar-refractivity contribution >= 4 is 22.9 Å². The highest BCUT2D eigenvalue weighted by Gasteiger charge is 2.32. The van der Waals surface area contributed by atoms with Crippen LogP contribution >= 0.6 is 0 Å². The third kappa shape index (κ3) is 5.60. The van der Waals surface area contributed by atoms with Gasteiger partial charge in [0.05, 0.1) is 30.3 Å². The largest absolute Gasteiger partial charge is 0.474 e. The normalized spacial score (nSPS) is 22.8. The third-order valence-corrected chi connectivity index (χ3v) is 8.25. The van der Waals surface area contributed by atoms with Gasteiger partial charge in [0.15, 0.2) is 5.82 Å². The molecule has 10 nitrogen and oxygen atoms in total. The highest BCUT2D eigenvalue weighted by molar-refractivity contribution is 5.82. The van der Waals surface area contributed by atoms with E-state index in [0.29, 0.717) is 55.1 Å². The van der Waals surface area contributed by atoms with Crippen LogP contribution in [0.3, 0.4) is 0 Å². The van der Waals surface area contributed by atoms with Crippen LogP contribution in [0.25, 0.3) is 16.9 Å². The molecule has 3 N–H and O–H groups in total. The number of nitrogens with two attached hydrogens (primary N) is 1. The first-order valence-electron chi connectivity index (χ1n) is 14.2. The van der Waals surface area contributed by atoms with E-state index in [4.69, 9.17) is 15.2 Å². The summed E-state index contributed by atoms with van der Waals surface area (Å²) in [6.45, 7) is 2.23. The molecule has 12 heteroatoms. The summed E-state index contributed by atoms with van der Waals surface area (Å²) < 4.78 is 41.4. The number of carbonyl (C=O) groups is 1. The minimum Gasteiger partial charge on any atom is -0.474 e. The van der Waals surface area contributed by atoms with Gasteiger partial charge < -0.3 is 25.4 Å². The lowest BCUT2D eigenvalue weighted by molar-refractivity contribution is -0.125. The average Bonchev–Trinajstić information content (AvgIpc) is 3.34. The Morgan fingerprint density at radius 1 is 1.05 bits per heavy atom. The summed E-state index contributed by atoms with van der Waals surface area (Å²) in [5, 5.41) is 3.12. The number of halogens is 2. The summed E-state index contributed by atoms with van der Waals surface area (Å²) in [4.78, 5) is 28.1. The van der Waals surface area contributed by atoms with E-state index in [1.54, 1.807) is 30.3 Å². The average molecular weight is 556 g/mol. The Labute approximate surface area is 231 Å². The summed E-state index contributed by atoms with van der Waals surface area (Å²) >= 11 is 0. The molecule has 3 aliphatic rings. The van der Waals surface area contributed by atoms with Gasteiger partial charge in [-0.3, -0.25) is 9.36 Å². The molecule has 214 valence electrons. The van der Waals surface area contributed by atoms with Gasteiger partial charge in [-0.2, -0.15) is 9.97 Å². The molecule has 3 fully saturated rings. The first-order chi connectivity index (χ1) is 19.5. The number of rotatable bonds is 8. The molecule has 6 rings (SSSR count).